The summed E-state index contributed by atoms with van der Waals surface area (Å²) >= 11 is 0. The Kier molecular flexibility index (Phi) is 6.90. The van der Waals surface area contributed by atoms with Crippen LogP contribution in [0.5, 0.6) is 0 Å². The number of rotatable bonds is 8. The van der Waals surface area contributed by atoms with Crippen molar-refractivity contribution in [3.8, 4) is 0 Å². The highest BCUT2D eigenvalue weighted by Crippen LogP contribution is 2.19. The van der Waals surface area contributed by atoms with Crippen molar-refractivity contribution in [2.45, 2.75) is 44.3 Å². The van der Waals surface area contributed by atoms with E-state index in [1.165, 1.54) is 0 Å². The monoisotopic (exact) mass is 327 g/mol. The second-order valence-electron chi connectivity index (χ2n) is 5.41. The van der Waals surface area contributed by atoms with Crippen LogP contribution < -0.4 is 4.72 Å². The van der Waals surface area contributed by atoms with Gasteiger partial charge in [0.15, 0.2) is 0 Å². The highest BCUT2D eigenvalue weighted by molar-refractivity contribution is 7.92. The summed E-state index contributed by atoms with van der Waals surface area (Å²) in [5, 5.41) is 8.35. The lowest BCUT2D eigenvalue weighted by atomic mass is 10.0. The summed E-state index contributed by atoms with van der Waals surface area (Å²) in [7, 11) is -6.51. The first kappa shape index (κ1) is 17.9. The predicted octanol–water partition coefficient (Wildman–Crippen LogP) is 0.282. The Morgan fingerprint density at radius 1 is 1.25 bits per heavy atom. The van der Waals surface area contributed by atoms with Gasteiger partial charge in [0.1, 0.15) is 9.84 Å². The molecule has 1 saturated heterocycles. The third kappa shape index (κ3) is 5.67. The summed E-state index contributed by atoms with van der Waals surface area (Å²) in [6.07, 6.45) is 2.73. The van der Waals surface area contributed by atoms with E-state index >= 15 is 0 Å². The summed E-state index contributed by atoms with van der Waals surface area (Å²) < 4.78 is 49.5. The van der Waals surface area contributed by atoms with Gasteiger partial charge in [0, 0.05) is 13.2 Å². The zero-order valence-corrected chi connectivity index (χ0v) is 13.5. The van der Waals surface area contributed by atoms with Crippen LogP contribution in [0.1, 0.15) is 39.0 Å². The maximum absolute atomic E-state index is 12.1. The van der Waals surface area contributed by atoms with Crippen molar-refractivity contribution < 1.29 is 21.9 Å². The molecule has 1 aliphatic rings. The van der Waals surface area contributed by atoms with Gasteiger partial charge >= 0.3 is 0 Å². The van der Waals surface area contributed by atoms with Crippen LogP contribution in [0.3, 0.4) is 0 Å². The molecule has 0 saturated carbocycles. The van der Waals surface area contributed by atoms with Gasteiger partial charge in [-0.1, -0.05) is 13.3 Å². The summed E-state index contributed by atoms with van der Waals surface area (Å²) in [6, 6.07) is 0. The van der Waals surface area contributed by atoms with Gasteiger partial charge in [-0.25, -0.2) is 21.6 Å². The van der Waals surface area contributed by atoms with Crippen molar-refractivity contribution in [3.05, 3.63) is 0 Å². The molecular formula is C12H25NO5S2. The summed E-state index contributed by atoms with van der Waals surface area (Å²) in [4.78, 5) is 0. The van der Waals surface area contributed by atoms with Gasteiger partial charge in [0.05, 0.1) is 16.8 Å². The Hall–Kier alpha value is -0.180. The molecule has 0 radical (unpaired) electrons. The Morgan fingerprint density at radius 2 is 1.85 bits per heavy atom. The first-order chi connectivity index (χ1) is 9.30. The molecule has 120 valence electrons. The van der Waals surface area contributed by atoms with E-state index in [9.17, 15) is 16.8 Å². The first-order valence-corrected chi connectivity index (χ1v) is 10.5. The van der Waals surface area contributed by atoms with Crippen molar-refractivity contribution in [3.63, 3.8) is 0 Å². The van der Waals surface area contributed by atoms with Gasteiger partial charge in [-0.3, -0.25) is 0 Å². The van der Waals surface area contributed by atoms with Crippen LogP contribution in [0.25, 0.3) is 0 Å². The van der Waals surface area contributed by atoms with Gasteiger partial charge in [-0.05, 0) is 31.6 Å². The Bertz CT molecular complexity index is 466. The average molecular weight is 327 g/mol. The number of hydrogen-bond donors (Lipinski definition) is 2. The zero-order valence-electron chi connectivity index (χ0n) is 11.9. The molecule has 0 aromatic heterocycles. The molecule has 8 heteroatoms. The number of aliphatic hydroxyl groups is 1. The molecule has 1 atom stereocenters. The first-order valence-electron chi connectivity index (χ1n) is 7.10. The lowest BCUT2D eigenvalue weighted by Crippen LogP contribution is -2.41. The molecule has 0 amide bonds. The van der Waals surface area contributed by atoms with Crippen LogP contribution >= 0.6 is 0 Å². The normalized spacial score (nSPS) is 21.7. The van der Waals surface area contributed by atoms with E-state index in [0.717, 1.165) is 12.8 Å². The molecule has 1 unspecified atom stereocenters. The van der Waals surface area contributed by atoms with Gasteiger partial charge in [-0.15, -0.1) is 0 Å². The van der Waals surface area contributed by atoms with Gasteiger partial charge in [0.2, 0.25) is 10.0 Å². The minimum absolute atomic E-state index is 0.0480. The number of nitrogens with one attached hydrogen (secondary N) is 1. The largest absolute Gasteiger partial charge is 0.396 e. The van der Waals surface area contributed by atoms with E-state index in [4.69, 9.17) is 5.11 Å². The van der Waals surface area contributed by atoms with Crippen molar-refractivity contribution >= 4 is 19.9 Å². The maximum Gasteiger partial charge on any atom is 0.214 e. The molecule has 1 aliphatic heterocycles. The molecule has 0 aliphatic carbocycles. The molecule has 6 nitrogen and oxygen atoms in total. The lowest BCUT2D eigenvalue weighted by Gasteiger charge is -2.24. The third-order valence-electron chi connectivity index (χ3n) is 3.75. The van der Waals surface area contributed by atoms with Gasteiger partial charge < -0.3 is 5.11 Å². The van der Waals surface area contributed by atoms with E-state index in [2.05, 4.69) is 4.72 Å². The number of aliphatic hydroxyl groups excluding tert-OH is 1. The van der Waals surface area contributed by atoms with E-state index < -0.39 is 25.1 Å². The average Bonchev–Trinajstić information content (AvgIpc) is 2.36. The second kappa shape index (κ2) is 7.72. The van der Waals surface area contributed by atoms with Crippen LogP contribution in [-0.4, -0.2) is 51.8 Å². The molecule has 1 heterocycles. The number of sulfonamides is 1. The minimum Gasteiger partial charge on any atom is -0.396 e. The molecule has 0 spiro atoms. The van der Waals surface area contributed by atoms with E-state index in [-0.39, 0.29) is 36.9 Å². The number of hydrogen-bond acceptors (Lipinski definition) is 5. The molecule has 20 heavy (non-hydrogen) atoms. The summed E-state index contributed by atoms with van der Waals surface area (Å²) in [5.74, 6) is 0.0356. The molecule has 1 rings (SSSR count). The minimum atomic E-state index is -3.46. The van der Waals surface area contributed by atoms with Crippen molar-refractivity contribution in [1.29, 1.82) is 0 Å². The van der Waals surface area contributed by atoms with Crippen LogP contribution in [0, 0.1) is 5.92 Å². The SMILES string of the molecule is CCCC(CCO)CNS(=O)(=O)C1CCS(=O)(=O)CC1. The molecule has 2 N–H and O–H groups in total. The Morgan fingerprint density at radius 3 is 2.35 bits per heavy atom. The molecule has 1 fully saturated rings. The van der Waals surface area contributed by atoms with E-state index in [0.29, 0.717) is 13.0 Å². The zero-order chi connectivity index (χ0) is 15.2. The maximum atomic E-state index is 12.1. The second-order valence-corrected chi connectivity index (χ2v) is 9.76. The summed E-state index contributed by atoms with van der Waals surface area (Å²) in [6.45, 7) is 2.39. The quantitative estimate of drug-likeness (QED) is 0.667. The Balaban J connectivity index is 2.53. The van der Waals surface area contributed by atoms with Gasteiger partial charge in [0.25, 0.3) is 0 Å². The van der Waals surface area contributed by atoms with Gasteiger partial charge in [-0.2, -0.15) is 0 Å². The topological polar surface area (TPSA) is 101 Å². The smallest absolute Gasteiger partial charge is 0.214 e. The fraction of sp³-hybridized carbons (Fsp3) is 1.00. The van der Waals surface area contributed by atoms with E-state index in [1.54, 1.807) is 0 Å². The highest BCUT2D eigenvalue weighted by Gasteiger charge is 2.32. The molecule has 0 bridgehead atoms. The molecule has 0 aromatic rings. The lowest BCUT2D eigenvalue weighted by molar-refractivity contribution is 0.251. The molecule has 0 aromatic carbocycles. The third-order valence-corrected chi connectivity index (χ3v) is 7.38. The number of sulfone groups is 1. The fourth-order valence-corrected chi connectivity index (χ4v) is 5.82. The van der Waals surface area contributed by atoms with Crippen molar-refractivity contribution in [1.82, 2.24) is 4.72 Å². The standard InChI is InChI=1S/C12H25NO5S2/c1-2-3-11(4-7-14)10-13-20(17,18)12-5-8-19(15,16)9-6-12/h11-14H,2-10H2,1H3. The predicted molar refractivity (Wildman–Crippen MR) is 78.7 cm³/mol. The summed E-state index contributed by atoms with van der Waals surface area (Å²) in [5.41, 5.74) is 0. The Labute approximate surface area is 121 Å². The van der Waals surface area contributed by atoms with Crippen molar-refractivity contribution in [2.24, 2.45) is 5.92 Å². The highest BCUT2D eigenvalue weighted by atomic mass is 32.2. The van der Waals surface area contributed by atoms with Crippen LogP contribution in [-0.2, 0) is 19.9 Å². The molecular weight excluding hydrogens is 302 g/mol. The van der Waals surface area contributed by atoms with Crippen LogP contribution in [0.4, 0.5) is 0 Å². The van der Waals surface area contributed by atoms with E-state index in [1.807, 2.05) is 6.92 Å². The van der Waals surface area contributed by atoms with Crippen LogP contribution in [0.15, 0.2) is 0 Å². The fourth-order valence-electron chi connectivity index (χ4n) is 2.47. The van der Waals surface area contributed by atoms with Crippen molar-refractivity contribution in [2.75, 3.05) is 24.7 Å². The van der Waals surface area contributed by atoms with Crippen LogP contribution in [0.2, 0.25) is 0 Å².